The molecule has 0 saturated carbocycles. The van der Waals surface area contributed by atoms with Crippen LogP contribution in [-0.4, -0.2) is 33.3 Å². The van der Waals surface area contributed by atoms with Gasteiger partial charge in [-0.3, -0.25) is 0 Å². The van der Waals surface area contributed by atoms with Gasteiger partial charge in [0, 0.05) is 29.6 Å². The Morgan fingerprint density at radius 2 is 1.95 bits per heavy atom. The zero-order chi connectivity index (χ0) is 29.0. The summed E-state index contributed by atoms with van der Waals surface area (Å²) >= 11 is 6.53. The van der Waals surface area contributed by atoms with E-state index in [-0.39, 0.29) is 18.2 Å². The van der Waals surface area contributed by atoms with Gasteiger partial charge in [0.2, 0.25) is 0 Å². The summed E-state index contributed by atoms with van der Waals surface area (Å²) in [5.74, 6) is 1.64. The molecule has 0 saturated heterocycles. The Bertz CT molecular complexity index is 1690. The lowest BCUT2D eigenvalue weighted by molar-refractivity contribution is 0.306. The van der Waals surface area contributed by atoms with E-state index in [0.717, 1.165) is 22.5 Å². The quantitative estimate of drug-likeness (QED) is 0.182. The van der Waals surface area contributed by atoms with Crippen molar-refractivity contribution in [3.8, 4) is 17.1 Å². The van der Waals surface area contributed by atoms with Crippen molar-refractivity contribution in [1.82, 2.24) is 10.6 Å². The Morgan fingerprint density at radius 1 is 1.10 bits per heavy atom. The van der Waals surface area contributed by atoms with E-state index < -0.39 is 15.5 Å². The first-order valence-corrected chi connectivity index (χ1v) is 15.4. The number of rotatable bonds is 11. The number of hydrogen-bond donors (Lipinski definition) is 3. The molecule has 3 N–H and O–H groups in total. The van der Waals surface area contributed by atoms with Crippen LogP contribution in [0.3, 0.4) is 0 Å². The van der Waals surface area contributed by atoms with Gasteiger partial charge < -0.3 is 25.1 Å². The number of nitrogens with zero attached hydrogens (tertiary/aromatic N) is 1. The highest BCUT2D eigenvalue weighted by Crippen LogP contribution is 2.38. The molecule has 1 aromatic heterocycles. The molecule has 0 aliphatic carbocycles. The summed E-state index contributed by atoms with van der Waals surface area (Å²) in [6, 6.07) is 21.3. The van der Waals surface area contributed by atoms with Gasteiger partial charge in [0.25, 0.3) is 0 Å². The molecule has 8 nitrogen and oxygen atoms in total. The molecule has 0 fully saturated rings. The van der Waals surface area contributed by atoms with Gasteiger partial charge in [-0.25, -0.2) is 17.8 Å². The molecular formula is C30H30ClFN4O4S. The normalized spacial score (nSPS) is 16.2. The van der Waals surface area contributed by atoms with Crippen LogP contribution in [0.5, 0.6) is 5.75 Å². The Morgan fingerprint density at radius 3 is 2.73 bits per heavy atom. The van der Waals surface area contributed by atoms with Crippen molar-refractivity contribution >= 4 is 39.2 Å². The largest absolute Gasteiger partial charge is 0.487 e. The topological polar surface area (TPSA) is 105 Å². The lowest BCUT2D eigenvalue weighted by atomic mass is 9.95. The third-order valence-corrected chi connectivity index (χ3v) is 7.84. The summed E-state index contributed by atoms with van der Waals surface area (Å²) in [4.78, 5) is 4.49. The Hall–Kier alpha value is -3.86. The Labute approximate surface area is 243 Å². The average Bonchev–Trinajstić information content (AvgIpc) is 3.39. The summed E-state index contributed by atoms with van der Waals surface area (Å²) < 4.78 is 48.0. The van der Waals surface area contributed by atoms with Crippen molar-refractivity contribution in [2.75, 3.05) is 23.9 Å². The lowest BCUT2D eigenvalue weighted by Crippen LogP contribution is -2.47. The SMILES string of the molecule is CC1(Nc2ccc(OCc3cccc(F)c3)c(Cl)c2)NC=Nc2ccc(-c3ccc(CNCCS(C)(=O)=O)o3)cc21. The van der Waals surface area contributed by atoms with Crippen LogP contribution >= 0.6 is 11.6 Å². The summed E-state index contributed by atoms with van der Waals surface area (Å²) in [5, 5.41) is 10.3. The fourth-order valence-electron chi connectivity index (χ4n) is 4.48. The van der Waals surface area contributed by atoms with Crippen molar-refractivity contribution in [3.05, 3.63) is 101 Å². The number of furan rings is 1. The highest BCUT2D eigenvalue weighted by atomic mass is 35.5. The molecule has 0 amide bonds. The third kappa shape index (κ3) is 7.27. The second kappa shape index (κ2) is 11.9. The molecule has 1 aliphatic heterocycles. The maximum absolute atomic E-state index is 13.5. The predicted octanol–water partition coefficient (Wildman–Crippen LogP) is 6.00. The number of ether oxygens (including phenoxy) is 1. The molecule has 0 spiro atoms. The van der Waals surface area contributed by atoms with Crippen LogP contribution in [-0.2, 0) is 28.7 Å². The molecule has 0 radical (unpaired) electrons. The summed E-state index contributed by atoms with van der Waals surface area (Å²) in [7, 11) is -3.02. The predicted molar refractivity (Wildman–Crippen MR) is 160 cm³/mol. The molecule has 1 aliphatic rings. The lowest BCUT2D eigenvalue weighted by Gasteiger charge is -2.36. The van der Waals surface area contributed by atoms with Crippen LogP contribution in [0, 0.1) is 5.82 Å². The molecule has 1 atom stereocenters. The van der Waals surface area contributed by atoms with E-state index in [9.17, 15) is 12.8 Å². The fourth-order valence-corrected chi connectivity index (χ4v) is 5.23. The zero-order valence-electron chi connectivity index (χ0n) is 22.6. The fraction of sp³-hybridized carbons (Fsp3) is 0.233. The summed E-state index contributed by atoms with van der Waals surface area (Å²) in [6.45, 7) is 2.98. The van der Waals surface area contributed by atoms with Gasteiger partial charge in [-0.15, -0.1) is 0 Å². The number of benzene rings is 3. The van der Waals surface area contributed by atoms with E-state index in [1.165, 1.54) is 18.4 Å². The molecule has 214 valence electrons. The minimum atomic E-state index is -3.02. The summed E-state index contributed by atoms with van der Waals surface area (Å²) in [6.07, 6.45) is 2.87. The maximum Gasteiger partial charge on any atom is 0.148 e. The van der Waals surface area contributed by atoms with Gasteiger partial charge in [0.1, 0.15) is 45.2 Å². The number of hydrogen-bond acceptors (Lipinski definition) is 8. The Kier molecular flexibility index (Phi) is 8.35. The van der Waals surface area contributed by atoms with Crippen molar-refractivity contribution in [3.63, 3.8) is 0 Å². The monoisotopic (exact) mass is 596 g/mol. The number of aliphatic imine (C=N–C) groups is 1. The maximum atomic E-state index is 13.5. The zero-order valence-corrected chi connectivity index (χ0v) is 24.2. The van der Waals surface area contributed by atoms with Crippen LogP contribution in [0.1, 0.15) is 23.8 Å². The van der Waals surface area contributed by atoms with Gasteiger partial charge in [0.05, 0.1) is 29.3 Å². The second-order valence-electron chi connectivity index (χ2n) is 10.0. The first kappa shape index (κ1) is 28.7. The number of anilines is 1. The van der Waals surface area contributed by atoms with E-state index in [2.05, 4.69) is 20.9 Å². The molecule has 3 aromatic carbocycles. The third-order valence-electron chi connectivity index (χ3n) is 6.60. The van der Waals surface area contributed by atoms with Gasteiger partial charge in [0.15, 0.2) is 0 Å². The molecule has 5 rings (SSSR count). The molecule has 2 heterocycles. The number of fused-ring (bicyclic) bond motifs is 1. The molecule has 1 unspecified atom stereocenters. The van der Waals surface area contributed by atoms with Crippen LogP contribution in [0.2, 0.25) is 5.02 Å². The number of sulfone groups is 1. The Balaban J connectivity index is 1.29. The van der Waals surface area contributed by atoms with Crippen LogP contribution < -0.4 is 20.7 Å². The van der Waals surface area contributed by atoms with E-state index in [1.54, 1.807) is 30.6 Å². The van der Waals surface area contributed by atoms with Crippen LogP contribution in [0.25, 0.3) is 11.3 Å². The first-order chi connectivity index (χ1) is 19.6. The molecule has 11 heteroatoms. The highest BCUT2D eigenvalue weighted by molar-refractivity contribution is 7.90. The van der Waals surface area contributed by atoms with Crippen LogP contribution in [0.15, 0.2) is 82.2 Å². The van der Waals surface area contributed by atoms with Gasteiger partial charge in [-0.2, -0.15) is 0 Å². The summed E-state index contributed by atoms with van der Waals surface area (Å²) in [5.41, 5.74) is 3.33. The minimum absolute atomic E-state index is 0.0698. The van der Waals surface area contributed by atoms with E-state index in [1.807, 2.05) is 43.3 Å². The first-order valence-electron chi connectivity index (χ1n) is 13.0. The molecule has 4 aromatic rings. The van der Waals surface area contributed by atoms with Crippen molar-refractivity contribution < 1.29 is 22.0 Å². The molecular weight excluding hydrogens is 567 g/mol. The number of halogens is 2. The minimum Gasteiger partial charge on any atom is -0.487 e. The van der Waals surface area contributed by atoms with Gasteiger partial charge in [-0.05, 0) is 73.2 Å². The van der Waals surface area contributed by atoms with Crippen molar-refractivity contribution in [2.24, 2.45) is 4.99 Å². The highest BCUT2D eigenvalue weighted by Gasteiger charge is 2.31. The van der Waals surface area contributed by atoms with Crippen molar-refractivity contribution in [1.29, 1.82) is 0 Å². The average molecular weight is 597 g/mol. The molecule has 41 heavy (non-hydrogen) atoms. The van der Waals surface area contributed by atoms with Crippen molar-refractivity contribution in [2.45, 2.75) is 25.7 Å². The van der Waals surface area contributed by atoms with E-state index in [0.29, 0.717) is 40.9 Å². The number of nitrogens with one attached hydrogen (secondary N) is 3. The van der Waals surface area contributed by atoms with E-state index in [4.69, 9.17) is 20.8 Å². The van der Waals surface area contributed by atoms with E-state index >= 15 is 0 Å². The smallest absolute Gasteiger partial charge is 0.148 e. The van der Waals surface area contributed by atoms with Gasteiger partial charge in [-0.1, -0.05) is 23.7 Å². The van der Waals surface area contributed by atoms with Crippen LogP contribution in [0.4, 0.5) is 15.8 Å². The standard InChI is InChI=1S/C30H30ClFN4O4S/c1-30(36-23-7-10-29(26(31)16-23)39-18-20-4-3-5-22(32)14-20)25-15-21(6-9-27(25)34-19-35-30)28-11-8-24(40-28)17-33-12-13-41(2,37)38/h3-11,14-16,19,33,36H,12-13,17-18H2,1-2H3,(H,34,35). The van der Waals surface area contributed by atoms with Gasteiger partial charge >= 0.3 is 0 Å². The molecule has 0 bridgehead atoms. The second-order valence-corrected chi connectivity index (χ2v) is 12.7.